The van der Waals surface area contributed by atoms with Crippen molar-refractivity contribution in [1.29, 1.82) is 0 Å². The molecule has 0 heterocycles. The highest BCUT2D eigenvalue weighted by atomic mass is 35.5. The van der Waals surface area contributed by atoms with Crippen LogP contribution >= 0.6 is 11.6 Å². The Balaban J connectivity index is 2.30. The fourth-order valence-corrected chi connectivity index (χ4v) is 1.65. The van der Waals surface area contributed by atoms with Gasteiger partial charge in [0.15, 0.2) is 0 Å². The summed E-state index contributed by atoms with van der Waals surface area (Å²) in [5, 5.41) is 3.59. The molecule has 18 heavy (non-hydrogen) atoms. The summed E-state index contributed by atoms with van der Waals surface area (Å²) in [4.78, 5) is 0. The first-order valence-corrected chi connectivity index (χ1v) is 6.60. The highest BCUT2D eigenvalue weighted by Crippen LogP contribution is 2.16. The Morgan fingerprint density at radius 2 is 2.00 bits per heavy atom. The molecule has 100 valence electrons. The lowest BCUT2D eigenvalue weighted by atomic mass is 10.1. The molecule has 0 aliphatic heterocycles. The van der Waals surface area contributed by atoms with Gasteiger partial charge < -0.3 is 5.32 Å². The molecule has 0 amide bonds. The van der Waals surface area contributed by atoms with Crippen LogP contribution in [0.25, 0.3) is 0 Å². The second kappa shape index (κ2) is 6.91. The maximum atomic E-state index is 13.2. The van der Waals surface area contributed by atoms with Crippen LogP contribution in [0.3, 0.4) is 0 Å². The van der Waals surface area contributed by atoms with Crippen LogP contribution in [0, 0.1) is 5.82 Å². The van der Waals surface area contributed by atoms with Crippen molar-refractivity contribution in [2.75, 3.05) is 6.54 Å². The normalized spacial score (nSPS) is 12.3. The van der Waals surface area contributed by atoms with Crippen LogP contribution in [0.1, 0.15) is 32.8 Å². The quantitative estimate of drug-likeness (QED) is 0.619. The number of hydrogen-bond acceptors (Lipinski definition) is 1. The smallest absolute Gasteiger partial charge is 0.142 e. The van der Waals surface area contributed by atoms with E-state index in [0.717, 1.165) is 24.9 Å². The third-order valence-electron chi connectivity index (χ3n) is 2.47. The molecular formula is C15H21ClFN. The van der Waals surface area contributed by atoms with Gasteiger partial charge in [-0.15, -0.1) is 0 Å². The second-order valence-electron chi connectivity index (χ2n) is 5.39. The molecule has 0 radical (unpaired) electrons. The summed E-state index contributed by atoms with van der Waals surface area (Å²) >= 11 is 5.62. The zero-order chi connectivity index (χ0) is 13.6. The average molecular weight is 270 g/mol. The molecular weight excluding hydrogens is 249 g/mol. The standard InChI is InChI=1S/C15H21ClFN/c1-15(2,3)18-10-6-4-5-7-12-8-9-13(16)14(17)11-12/h4-5,8-9,11,18H,6-7,10H2,1-3H3/b5-4+. The molecule has 0 aromatic heterocycles. The van der Waals surface area contributed by atoms with E-state index in [-0.39, 0.29) is 16.4 Å². The minimum absolute atomic E-state index is 0.160. The van der Waals surface area contributed by atoms with E-state index >= 15 is 0 Å². The zero-order valence-electron chi connectivity index (χ0n) is 11.3. The van der Waals surface area contributed by atoms with E-state index in [1.807, 2.05) is 6.07 Å². The van der Waals surface area contributed by atoms with Gasteiger partial charge in [-0.2, -0.15) is 0 Å². The summed E-state index contributed by atoms with van der Waals surface area (Å²) in [5.74, 6) is -0.350. The molecule has 0 bridgehead atoms. The highest BCUT2D eigenvalue weighted by Gasteiger charge is 2.06. The van der Waals surface area contributed by atoms with Gasteiger partial charge in [-0.05, 0) is 57.9 Å². The Hall–Kier alpha value is -0.860. The molecule has 0 atom stereocenters. The van der Waals surface area contributed by atoms with Gasteiger partial charge in [-0.1, -0.05) is 29.8 Å². The van der Waals surface area contributed by atoms with Crippen LogP contribution in [-0.4, -0.2) is 12.1 Å². The molecule has 0 unspecified atom stereocenters. The van der Waals surface area contributed by atoms with E-state index in [4.69, 9.17) is 11.6 Å². The predicted octanol–water partition coefficient (Wildman–Crippen LogP) is 4.36. The Morgan fingerprint density at radius 3 is 2.61 bits per heavy atom. The maximum Gasteiger partial charge on any atom is 0.142 e. The van der Waals surface area contributed by atoms with Crippen molar-refractivity contribution in [2.45, 2.75) is 39.2 Å². The Morgan fingerprint density at radius 1 is 1.28 bits per heavy atom. The number of nitrogens with one attached hydrogen (secondary N) is 1. The van der Waals surface area contributed by atoms with Crippen LogP contribution in [-0.2, 0) is 6.42 Å². The fraction of sp³-hybridized carbons (Fsp3) is 0.467. The Bertz CT molecular complexity index is 407. The largest absolute Gasteiger partial charge is 0.312 e. The molecule has 1 N–H and O–H groups in total. The molecule has 1 aromatic rings. The molecule has 0 saturated carbocycles. The number of halogens is 2. The van der Waals surface area contributed by atoms with Gasteiger partial charge in [-0.25, -0.2) is 4.39 Å². The van der Waals surface area contributed by atoms with Gasteiger partial charge in [-0.3, -0.25) is 0 Å². The van der Waals surface area contributed by atoms with Crippen molar-refractivity contribution in [3.05, 3.63) is 46.8 Å². The van der Waals surface area contributed by atoms with Crippen molar-refractivity contribution in [3.8, 4) is 0 Å². The summed E-state index contributed by atoms with van der Waals surface area (Å²) in [5.41, 5.74) is 1.10. The van der Waals surface area contributed by atoms with Crippen molar-refractivity contribution >= 4 is 11.6 Å². The molecule has 0 aliphatic rings. The molecule has 0 spiro atoms. The first-order valence-electron chi connectivity index (χ1n) is 6.22. The summed E-state index contributed by atoms with van der Waals surface area (Å²) in [7, 11) is 0. The molecule has 1 nitrogen and oxygen atoms in total. The number of hydrogen-bond donors (Lipinski definition) is 1. The lowest BCUT2D eigenvalue weighted by molar-refractivity contribution is 0.431. The van der Waals surface area contributed by atoms with Crippen molar-refractivity contribution in [3.63, 3.8) is 0 Å². The maximum absolute atomic E-state index is 13.2. The third kappa shape index (κ3) is 6.18. The van der Waals surface area contributed by atoms with Crippen LogP contribution in [0.5, 0.6) is 0 Å². The van der Waals surface area contributed by atoms with Crippen LogP contribution in [0.2, 0.25) is 5.02 Å². The molecule has 3 heteroatoms. The number of benzene rings is 1. The molecule has 0 saturated heterocycles. The van der Waals surface area contributed by atoms with Gasteiger partial charge >= 0.3 is 0 Å². The van der Waals surface area contributed by atoms with E-state index in [1.54, 1.807) is 6.07 Å². The molecule has 1 rings (SSSR count). The predicted molar refractivity (Wildman–Crippen MR) is 76.6 cm³/mol. The second-order valence-corrected chi connectivity index (χ2v) is 5.80. The van der Waals surface area contributed by atoms with E-state index in [0.29, 0.717) is 0 Å². The van der Waals surface area contributed by atoms with Crippen LogP contribution < -0.4 is 5.32 Å². The highest BCUT2D eigenvalue weighted by molar-refractivity contribution is 6.30. The van der Waals surface area contributed by atoms with Crippen molar-refractivity contribution in [1.82, 2.24) is 5.32 Å². The van der Waals surface area contributed by atoms with Crippen molar-refractivity contribution in [2.24, 2.45) is 0 Å². The summed E-state index contributed by atoms with van der Waals surface area (Å²) in [6, 6.07) is 4.93. The van der Waals surface area contributed by atoms with Gasteiger partial charge in [0.1, 0.15) is 5.82 Å². The third-order valence-corrected chi connectivity index (χ3v) is 2.78. The zero-order valence-corrected chi connectivity index (χ0v) is 12.0. The van der Waals surface area contributed by atoms with E-state index in [9.17, 15) is 4.39 Å². The first kappa shape index (κ1) is 15.2. The minimum atomic E-state index is -0.350. The molecule has 0 aliphatic carbocycles. The van der Waals surface area contributed by atoms with Crippen molar-refractivity contribution < 1.29 is 4.39 Å². The van der Waals surface area contributed by atoms with Gasteiger partial charge in [0.2, 0.25) is 0 Å². The average Bonchev–Trinajstić information content (AvgIpc) is 2.26. The fourth-order valence-electron chi connectivity index (χ4n) is 1.53. The number of rotatable bonds is 5. The molecule has 0 fully saturated rings. The monoisotopic (exact) mass is 269 g/mol. The summed E-state index contributed by atoms with van der Waals surface area (Å²) in [6.45, 7) is 7.39. The molecule has 1 aromatic carbocycles. The van der Waals surface area contributed by atoms with Crippen LogP contribution in [0.15, 0.2) is 30.4 Å². The van der Waals surface area contributed by atoms with E-state index in [2.05, 4.69) is 38.2 Å². The topological polar surface area (TPSA) is 12.0 Å². The van der Waals surface area contributed by atoms with Gasteiger partial charge in [0, 0.05) is 5.54 Å². The minimum Gasteiger partial charge on any atom is -0.312 e. The lowest BCUT2D eigenvalue weighted by Crippen LogP contribution is -2.36. The van der Waals surface area contributed by atoms with E-state index in [1.165, 1.54) is 6.07 Å². The van der Waals surface area contributed by atoms with Crippen LogP contribution in [0.4, 0.5) is 4.39 Å². The number of allylic oxidation sites excluding steroid dienone is 1. The first-order chi connectivity index (χ1) is 8.38. The lowest BCUT2D eigenvalue weighted by Gasteiger charge is -2.19. The summed E-state index contributed by atoms with van der Waals surface area (Å²) in [6.07, 6.45) is 5.90. The van der Waals surface area contributed by atoms with Gasteiger partial charge in [0.05, 0.1) is 5.02 Å². The summed E-state index contributed by atoms with van der Waals surface area (Å²) < 4.78 is 13.2. The Kier molecular flexibility index (Phi) is 5.83. The van der Waals surface area contributed by atoms with E-state index < -0.39 is 0 Å². The SMILES string of the molecule is CC(C)(C)NCC/C=C/Cc1ccc(Cl)c(F)c1. The van der Waals surface area contributed by atoms with Gasteiger partial charge in [0.25, 0.3) is 0 Å². The Labute approximate surface area is 114 Å².